The van der Waals surface area contributed by atoms with Gasteiger partial charge in [0.25, 0.3) is 0 Å². The van der Waals surface area contributed by atoms with Gasteiger partial charge in [0.15, 0.2) is 0 Å². The summed E-state index contributed by atoms with van der Waals surface area (Å²) in [7, 11) is 0. The zero-order valence-corrected chi connectivity index (χ0v) is 11.2. The first kappa shape index (κ1) is 12.7. The Balaban J connectivity index is 2.13. The summed E-state index contributed by atoms with van der Waals surface area (Å²) in [5.74, 6) is 0.775. The lowest BCUT2D eigenvalue weighted by Crippen LogP contribution is -2.62. The quantitative estimate of drug-likeness (QED) is 0.890. The fourth-order valence-electron chi connectivity index (χ4n) is 2.87. The molecule has 2 N–H and O–H groups in total. The molecule has 0 saturated heterocycles. The molecule has 2 unspecified atom stereocenters. The minimum atomic E-state index is 0.124. The van der Waals surface area contributed by atoms with Crippen molar-refractivity contribution in [3.63, 3.8) is 0 Å². The topological polar surface area (TPSA) is 35.2 Å². The van der Waals surface area contributed by atoms with Crippen LogP contribution in [-0.2, 0) is 0 Å². The number of para-hydroxylation sites is 1. The van der Waals surface area contributed by atoms with Crippen molar-refractivity contribution in [1.29, 1.82) is 0 Å². The number of hydrogen-bond acceptors (Lipinski definition) is 2. The highest BCUT2D eigenvalue weighted by atomic mass is 35.5. The molecule has 1 fully saturated rings. The summed E-state index contributed by atoms with van der Waals surface area (Å²) < 4.78 is 6.04. The molecule has 0 spiro atoms. The van der Waals surface area contributed by atoms with Crippen LogP contribution in [0.25, 0.3) is 0 Å². The lowest BCUT2D eigenvalue weighted by Gasteiger charge is -2.53. The maximum absolute atomic E-state index is 6.15. The van der Waals surface area contributed by atoms with Gasteiger partial charge >= 0.3 is 0 Å². The summed E-state index contributed by atoms with van der Waals surface area (Å²) in [5.41, 5.74) is 6.27. The third-order valence-corrected chi connectivity index (χ3v) is 4.58. The molecule has 0 aliphatic heterocycles. The Morgan fingerprint density at radius 1 is 1.35 bits per heavy atom. The molecular weight excluding hydrogens is 234 g/mol. The van der Waals surface area contributed by atoms with E-state index in [-0.39, 0.29) is 17.6 Å². The second-order valence-corrected chi connectivity index (χ2v) is 5.23. The van der Waals surface area contributed by atoms with Gasteiger partial charge in [-0.25, -0.2) is 0 Å². The Kier molecular flexibility index (Phi) is 3.64. The molecule has 0 bridgehead atoms. The van der Waals surface area contributed by atoms with Crippen LogP contribution in [-0.4, -0.2) is 12.1 Å². The average molecular weight is 254 g/mol. The van der Waals surface area contributed by atoms with Crippen molar-refractivity contribution in [3.8, 4) is 5.75 Å². The van der Waals surface area contributed by atoms with E-state index in [0.717, 1.165) is 25.0 Å². The van der Waals surface area contributed by atoms with E-state index in [0.29, 0.717) is 5.02 Å². The maximum Gasteiger partial charge on any atom is 0.138 e. The number of nitrogens with two attached hydrogens (primary N) is 1. The molecule has 1 aromatic rings. The van der Waals surface area contributed by atoms with Gasteiger partial charge in [0, 0.05) is 17.9 Å². The van der Waals surface area contributed by atoms with Crippen LogP contribution >= 0.6 is 11.6 Å². The van der Waals surface area contributed by atoms with E-state index < -0.39 is 0 Å². The van der Waals surface area contributed by atoms with Gasteiger partial charge in [0.05, 0.1) is 5.02 Å². The molecule has 0 heterocycles. The van der Waals surface area contributed by atoms with Crippen LogP contribution < -0.4 is 10.5 Å². The van der Waals surface area contributed by atoms with Gasteiger partial charge in [-0.3, -0.25) is 0 Å². The Morgan fingerprint density at radius 3 is 2.53 bits per heavy atom. The molecule has 2 nitrogen and oxygen atoms in total. The number of hydrogen-bond donors (Lipinski definition) is 1. The highest BCUT2D eigenvalue weighted by Crippen LogP contribution is 2.48. The maximum atomic E-state index is 6.15. The van der Waals surface area contributed by atoms with Crippen LogP contribution in [0, 0.1) is 5.41 Å². The van der Waals surface area contributed by atoms with Gasteiger partial charge in [-0.05, 0) is 25.0 Å². The third kappa shape index (κ3) is 2.04. The van der Waals surface area contributed by atoms with Gasteiger partial charge in [0.2, 0.25) is 0 Å². The highest BCUT2D eigenvalue weighted by molar-refractivity contribution is 6.32. The fraction of sp³-hybridized carbons (Fsp3) is 0.571. The molecule has 1 saturated carbocycles. The van der Waals surface area contributed by atoms with Crippen molar-refractivity contribution in [3.05, 3.63) is 29.3 Å². The molecule has 1 aliphatic rings. The molecule has 17 heavy (non-hydrogen) atoms. The zero-order valence-electron chi connectivity index (χ0n) is 10.4. The SMILES string of the molecule is CCC1(CC)C(N)CC1Oc1ccccc1Cl. The first-order valence-corrected chi connectivity index (χ1v) is 6.68. The van der Waals surface area contributed by atoms with Crippen LogP contribution in [0.3, 0.4) is 0 Å². The highest BCUT2D eigenvalue weighted by Gasteiger charge is 2.52. The molecular formula is C14H20ClNO. The first-order chi connectivity index (χ1) is 8.14. The molecule has 2 rings (SSSR count). The van der Waals surface area contributed by atoms with Crippen molar-refractivity contribution >= 4 is 11.6 Å². The molecule has 2 atom stereocenters. The molecule has 0 radical (unpaired) electrons. The van der Waals surface area contributed by atoms with Gasteiger partial charge < -0.3 is 10.5 Å². The van der Waals surface area contributed by atoms with Crippen molar-refractivity contribution in [2.45, 2.75) is 45.3 Å². The summed E-state index contributed by atoms with van der Waals surface area (Å²) in [4.78, 5) is 0. The number of ether oxygens (including phenoxy) is 1. The monoisotopic (exact) mass is 253 g/mol. The molecule has 0 amide bonds. The van der Waals surface area contributed by atoms with E-state index in [2.05, 4.69) is 13.8 Å². The normalized spacial score (nSPS) is 26.4. The molecule has 1 aliphatic carbocycles. The van der Waals surface area contributed by atoms with Gasteiger partial charge in [-0.1, -0.05) is 37.6 Å². The van der Waals surface area contributed by atoms with Crippen molar-refractivity contribution in [2.75, 3.05) is 0 Å². The van der Waals surface area contributed by atoms with Crippen molar-refractivity contribution in [1.82, 2.24) is 0 Å². The molecule has 3 heteroatoms. The van der Waals surface area contributed by atoms with Crippen LogP contribution in [0.15, 0.2) is 24.3 Å². The summed E-state index contributed by atoms with van der Waals surface area (Å²) >= 11 is 6.11. The van der Waals surface area contributed by atoms with Gasteiger partial charge in [-0.15, -0.1) is 0 Å². The zero-order chi connectivity index (χ0) is 12.5. The van der Waals surface area contributed by atoms with E-state index in [4.69, 9.17) is 22.1 Å². The summed E-state index contributed by atoms with van der Waals surface area (Å²) in [6.07, 6.45) is 3.24. The first-order valence-electron chi connectivity index (χ1n) is 6.30. The predicted molar refractivity (Wildman–Crippen MR) is 71.5 cm³/mol. The Labute approximate surface area is 108 Å². The molecule has 94 valence electrons. The second-order valence-electron chi connectivity index (χ2n) is 4.82. The minimum Gasteiger partial charge on any atom is -0.488 e. The van der Waals surface area contributed by atoms with Gasteiger partial charge in [-0.2, -0.15) is 0 Å². The Bertz CT molecular complexity index is 390. The minimum absolute atomic E-state index is 0.124. The van der Waals surface area contributed by atoms with Crippen molar-refractivity contribution in [2.24, 2.45) is 11.1 Å². The van der Waals surface area contributed by atoms with Crippen LogP contribution in [0.4, 0.5) is 0 Å². The summed E-state index contributed by atoms with van der Waals surface area (Å²) in [6, 6.07) is 7.88. The van der Waals surface area contributed by atoms with Crippen LogP contribution in [0.1, 0.15) is 33.1 Å². The summed E-state index contributed by atoms with van der Waals surface area (Å²) in [5, 5.41) is 0.675. The smallest absolute Gasteiger partial charge is 0.138 e. The van der Waals surface area contributed by atoms with E-state index >= 15 is 0 Å². The van der Waals surface area contributed by atoms with E-state index in [1.54, 1.807) is 0 Å². The van der Waals surface area contributed by atoms with E-state index in [1.807, 2.05) is 24.3 Å². The second kappa shape index (κ2) is 4.87. The standard InChI is InChI=1S/C14H20ClNO/c1-3-14(4-2)12(16)9-13(14)17-11-8-6-5-7-10(11)15/h5-8,12-13H,3-4,9,16H2,1-2H3. The van der Waals surface area contributed by atoms with Gasteiger partial charge in [0.1, 0.15) is 11.9 Å². The van der Waals surface area contributed by atoms with Crippen molar-refractivity contribution < 1.29 is 4.74 Å². The Hall–Kier alpha value is -0.730. The Morgan fingerprint density at radius 2 is 2.00 bits per heavy atom. The summed E-state index contributed by atoms with van der Waals surface area (Å²) in [6.45, 7) is 4.37. The largest absolute Gasteiger partial charge is 0.488 e. The van der Waals surface area contributed by atoms with E-state index in [1.165, 1.54) is 0 Å². The predicted octanol–water partition coefficient (Wildman–Crippen LogP) is 3.62. The van der Waals surface area contributed by atoms with Crippen LogP contribution in [0.2, 0.25) is 5.02 Å². The third-order valence-electron chi connectivity index (χ3n) is 4.27. The van der Waals surface area contributed by atoms with E-state index in [9.17, 15) is 0 Å². The van der Waals surface area contributed by atoms with Crippen LogP contribution in [0.5, 0.6) is 5.75 Å². The lowest BCUT2D eigenvalue weighted by atomic mass is 9.59. The lowest BCUT2D eigenvalue weighted by molar-refractivity contribution is -0.0721. The number of benzene rings is 1. The number of rotatable bonds is 4. The fourth-order valence-corrected chi connectivity index (χ4v) is 3.05. The molecule has 0 aromatic heterocycles. The molecule has 1 aromatic carbocycles. The average Bonchev–Trinajstić information content (AvgIpc) is 2.33. The number of halogens is 1.